The Morgan fingerprint density at radius 1 is 1.43 bits per heavy atom. The van der Waals surface area contributed by atoms with E-state index in [0.29, 0.717) is 5.75 Å². The molecular formula is C9H12NO3P. The van der Waals surface area contributed by atoms with Crippen molar-refractivity contribution in [2.45, 2.75) is 0 Å². The van der Waals surface area contributed by atoms with Gasteiger partial charge in [-0.1, -0.05) is 24.8 Å². The van der Waals surface area contributed by atoms with Crippen LogP contribution < -0.4 is 10.3 Å². The lowest BCUT2D eigenvalue weighted by atomic mass is 10.3. The molecule has 1 rings (SSSR count). The van der Waals surface area contributed by atoms with E-state index in [0.717, 1.165) is 5.82 Å². The van der Waals surface area contributed by atoms with Crippen molar-refractivity contribution in [1.29, 1.82) is 0 Å². The van der Waals surface area contributed by atoms with E-state index in [-0.39, 0.29) is 6.73 Å². The summed E-state index contributed by atoms with van der Waals surface area (Å²) >= 11 is 0. The van der Waals surface area contributed by atoms with Gasteiger partial charge in [-0.15, -0.1) is 0 Å². The third-order valence-corrected chi connectivity index (χ3v) is 2.88. The molecule has 0 aliphatic heterocycles. The van der Waals surface area contributed by atoms with E-state index in [1.54, 1.807) is 24.3 Å². The molecule has 0 fully saturated rings. The van der Waals surface area contributed by atoms with Crippen LogP contribution in [0.15, 0.2) is 42.7 Å². The van der Waals surface area contributed by atoms with Crippen molar-refractivity contribution < 1.29 is 13.6 Å². The number of para-hydroxylation sites is 1. The van der Waals surface area contributed by atoms with Crippen molar-refractivity contribution in [3.63, 3.8) is 0 Å². The number of hydrogen-bond acceptors (Lipinski definition) is 4. The molecule has 0 aliphatic rings. The van der Waals surface area contributed by atoms with E-state index in [1.165, 1.54) is 0 Å². The highest BCUT2D eigenvalue weighted by Gasteiger charge is 2.20. The monoisotopic (exact) mass is 213 g/mol. The van der Waals surface area contributed by atoms with Gasteiger partial charge >= 0.3 is 7.60 Å². The van der Waals surface area contributed by atoms with Gasteiger partial charge in [-0.2, -0.15) is 0 Å². The minimum atomic E-state index is -3.28. The van der Waals surface area contributed by atoms with Crippen LogP contribution in [0.1, 0.15) is 0 Å². The van der Waals surface area contributed by atoms with Crippen molar-refractivity contribution >= 4 is 7.60 Å². The molecule has 5 heteroatoms. The van der Waals surface area contributed by atoms with Crippen LogP contribution in [-0.4, -0.2) is 6.73 Å². The number of rotatable bonds is 5. The van der Waals surface area contributed by atoms with Gasteiger partial charge in [0.05, 0.1) is 0 Å². The first-order valence-corrected chi connectivity index (χ1v) is 5.64. The molecule has 2 N–H and O–H groups in total. The molecule has 14 heavy (non-hydrogen) atoms. The maximum atomic E-state index is 11.7. The molecule has 0 saturated carbocycles. The molecule has 1 atom stereocenters. The van der Waals surface area contributed by atoms with Gasteiger partial charge in [-0.05, 0) is 12.1 Å². The van der Waals surface area contributed by atoms with Crippen LogP contribution in [0.3, 0.4) is 0 Å². The summed E-state index contributed by atoms with van der Waals surface area (Å²) in [5.41, 5.74) is 5.12. The lowest BCUT2D eigenvalue weighted by molar-refractivity contribution is 0.281. The zero-order valence-corrected chi connectivity index (χ0v) is 8.52. The van der Waals surface area contributed by atoms with Crippen molar-refractivity contribution in [2.75, 3.05) is 6.73 Å². The zero-order chi connectivity index (χ0) is 10.4. The quantitative estimate of drug-likeness (QED) is 0.602. The smallest absolute Gasteiger partial charge is 0.404 e. The van der Waals surface area contributed by atoms with Crippen LogP contribution in [0.5, 0.6) is 5.75 Å². The minimum Gasteiger partial charge on any atom is -0.422 e. The molecule has 4 nitrogen and oxygen atoms in total. The SMILES string of the molecule is C=CP(=O)(OCN)Oc1ccccc1. The first-order chi connectivity index (χ1) is 6.70. The maximum Gasteiger partial charge on any atom is 0.404 e. The number of hydrogen-bond donors (Lipinski definition) is 1. The first-order valence-electron chi connectivity index (χ1n) is 4.03. The predicted octanol–water partition coefficient (Wildman–Crippen LogP) is 2.33. The average molecular weight is 213 g/mol. The predicted molar refractivity (Wildman–Crippen MR) is 55.0 cm³/mol. The van der Waals surface area contributed by atoms with Gasteiger partial charge < -0.3 is 10.3 Å². The molecule has 0 radical (unpaired) electrons. The number of nitrogens with two attached hydrogens (primary N) is 1. The maximum absolute atomic E-state index is 11.7. The van der Waals surface area contributed by atoms with E-state index in [9.17, 15) is 4.57 Å². The van der Waals surface area contributed by atoms with E-state index in [4.69, 9.17) is 14.8 Å². The highest BCUT2D eigenvalue weighted by Crippen LogP contribution is 2.48. The average Bonchev–Trinajstić information content (AvgIpc) is 2.20. The minimum absolute atomic E-state index is 0.171. The molecule has 76 valence electrons. The molecule has 0 aliphatic carbocycles. The van der Waals surface area contributed by atoms with E-state index >= 15 is 0 Å². The Morgan fingerprint density at radius 3 is 2.57 bits per heavy atom. The fraction of sp³-hybridized carbons (Fsp3) is 0.111. The van der Waals surface area contributed by atoms with Crippen LogP contribution >= 0.6 is 7.60 Å². The summed E-state index contributed by atoms with van der Waals surface area (Å²) < 4.78 is 21.6. The highest BCUT2D eigenvalue weighted by molar-refractivity contribution is 7.57. The van der Waals surface area contributed by atoms with Crippen LogP contribution in [0, 0.1) is 0 Å². The lowest BCUT2D eigenvalue weighted by Crippen LogP contribution is -2.04. The third kappa shape index (κ3) is 3.00. The summed E-state index contributed by atoms with van der Waals surface area (Å²) in [6.07, 6.45) is 0. The van der Waals surface area contributed by atoms with E-state index < -0.39 is 7.60 Å². The van der Waals surface area contributed by atoms with E-state index in [1.807, 2.05) is 6.07 Å². The Bertz CT molecular complexity index is 339. The molecule has 0 saturated heterocycles. The van der Waals surface area contributed by atoms with Gasteiger partial charge in [0, 0.05) is 5.82 Å². The Balaban J connectivity index is 2.76. The summed E-state index contributed by atoms with van der Waals surface area (Å²) in [6.45, 7) is 3.21. The Hall–Kier alpha value is -1.09. The molecular weight excluding hydrogens is 201 g/mol. The van der Waals surface area contributed by atoms with Crippen molar-refractivity contribution in [1.82, 2.24) is 0 Å². The van der Waals surface area contributed by atoms with Crippen LogP contribution in [0.25, 0.3) is 0 Å². The number of benzene rings is 1. The summed E-state index contributed by atoms with van der Waals surface area (Å²) in [4.78, 5) is 0. The molecule has 1 unspecified atom stereocenters. The molecule has 0 spiro atoms. The van der Waals surface area contributed by atoms with Gasteiger partial charge in [0.2, 0.25) is 0 Å². The summed E-state index contributed by atoms with van der Waals surface area (Å²) in [6, 6.07) is 8.72. The van der Waals surface area contributed by atoms with Gasteiger partial charge in [0.15, 0.2) is 0 Å². The van der Waals surface area contributed by atoms with Gasteiger partial charge in [0.1, 0.15) is 12.5 Å². The van der Waals surface area contributed by atoms with Crippen LogP contribution in [0.4, 0.5) is 0 Å². The lowest BCUT2D eigenvalue weighted by Gasteiger charge is -2.14. The standard InChI is InChI=1S/C9H12NO3P/c1-2-14(11,12-8-10)13-9-6-4-3-5-7-9/h2-7H,1,8,10H2. The molecule has 0 aromatic heterocycles. The zero-order valence-electron chi connectivity index (χ0n) is 7.63. The van der Waals surface area contributed by atoms with Crippen molar-refractivity contribution in [3.05, 3.63) is 42.7 Å². The molecule has 0 bridgehead atoms. The van der Waals surface area contributed by atoms with Crippen LogP contribution in [-0.2, 0) is 9.09 Å². The first kappa shape index (κ1) is 11.0. The molecule has 0 amide bonds. The van der Waals surface area contributed by atoms with Crippen molar-refractivity contribution in [3.8, 4) is 5.75 Å². The topological polar surface area (TPSA) is 61.5 Å². The van der Waals surface area contributed by atoms with Gasteiger partial charge in [0.25, 0.3) is 0 Å². The third-order valence-electron chi connectivity index (χ3n) is 1.45. The Kier molecular flexibility index (Phi) is 3.89. The fourth-order valence-corrected chi connectivity index (χ4v) is 1.70. The summed E-state index contributed by atoms with van der Waals surface area (Å²) in [5.74, 6) is 1.59. The fourth-order valence-electron chi connectivity index (χ4n) is 0.848. The summed E-state index contributed by atoms with van der Waals surface area (Å²) in [5, 5.41) is 0. The molecule has 1 aromatic carbocycles. The molecule has 1 aromatic rings. The molecule has 0 heterocycles. The van der Waals surface area contributed by atoms with Crippen molar-refractivity contribution in [2.24, 2.45) is 5.73 Å². The largest absolute Gasteiger partial charge is 0.422 e. The van der Waals surface area contributed by atoms with Gasteiger partial charge in [-0.3, -0.25) is 4.52 Å². The Morgan fingerprint density at radius 2 is 2.07 bits per heavy atom. The van der Waals surface area contributed by atoms with Gasteiger partial charge in [-0.25, -0.2) is 4.57 Å². The normalized spacial score (nSPS) is 14.4. The highest BCUT2D eigenvalue weighted by atomic mass is 31.2. The second-order valence-corrected chi connectivity index (χ2v) is 4.31. The van der Waals surface area contributed by atoms with Crippen LogP contribution in [0.2, 0.25) is 0 Å². The summed E-state index contributed by atoms with van der Waals surface area (Å²) in [7, 11) is -3.28. The second-order valence-electron chi connectivity index (χ2n) is 2.42. The van der Waals surface area contributed by atoms with E-state index in [2.05, 4.69) is 6.58 Å². The second kappa shape index (κ2) is 4.96. The Labute approximate surface area is 82.9 Å².